The molecule has 0 bridgehead atoms. The Morgan fingerprint density at radius 2 is 1.20 bits per heavy atom. The first-order valence-corrected chi connectivity index (χ1v) is 9.34. The van der Waals surface area contributed by atoms with E-state index in [9.17, 15) is 4.79 Å². The fourth-order valence-corrected chi connectivity index (χ4v) is 3.00. The molecule has 0 radical (unpaired) electrons. The molecule has 0 N–H and O–H groups in total. The number of carbonyl (C=O) groups excluding carboxylic acids is 1. The molecule has 0 spiro atoms. The van der Waals surface area contributed by atoms with E-state index in [1.807, 2.05) is 66.7 Å². The van der Waals surface area contributed by atoms with Gasteiger partial charge in [0.05, 0.1) is 0 Å². The van der Waals surface area contributed by atoms with Gasteiger partial charge in [0, 0.05) is 16.7 Å². The van der Waals surface area contributed by atoms with E-state index < -0.39 is 5.91 Å². The van der Waals surface area contributed by atoms with Crippen LogP contribution in [0.4, 0.5) is 0 Å². The lowest BCUT2D eigenvalue weighted by Crippen LogP contribution is -2.10. The molecule has 6 nitrogen and oxygen atoms in total. The van der Waals surface area contributed by atoms with Crippen molar-refractivity contribution in [2.45, 2.75) is 0 Å². The fraction of sp³-hybridized carbons (Fsp3) is 0. The SMILES string of the molecule is O=C(N=c1oc(-c2ccccc2)nc2oc(-c3ccccc3)nc12)c1ccccc1. The quantitative estimate of drug-likeness (QED) is 0.436. The minimum Gasteiger partial charge on any atom is -0.417 e. The molecule has 0 fully saturated rings. The Hall–Kier alpha value is -4.32. The van der Waals surface area contributed by atoms with Gasteiger partial charge in [0.1, 0.15) is 0 Å². The summed E-state index contributed by atoms with van der Waals surface area (Å²) in [6.07, 6.45) is 0. The molecule has 2 heterocycles. The van der Waals surface area contributed by atoms with Gasteiger partial charge in [-0.15, -0.1) is 0 Å². The molecule has 3 aromatic carbocycles. The van der Waals surface area contributed by atoms with Gasteiger partial charge in [-0.1, -0.05) is 54.6 Å². The molecule has 0 unspecified atom stereocenters. The van der Waals surface area contributed by atoms with E-state index in [1.54, 1.807) is 24.3 Å². The monoisotopic (exact) mass is 393 g/mol. The van der Waals surface area contributed by atoms with Crippen LogP contribution in [0.5, 0.6) is 0 Å². The molecule has 0 atom stereocenters. The zero-order chi connectivity index (χ0) is 20.3. The van der Waals surface area contributed by atoms with E-state index in [0.29, 0.717) is 17.3 Å². The van der Waals surface area contributed by atoms with Gasteiger partial charge < -0.3 is 8.83 Å². The summed E-state index contributed by atoms with van der Waals surface area (Å²) >= 11 is 0. The number of hydrogen-bond acceptors (Lipinski definition) is 5. The smallest absolute Gasteiger partial charge is 0.280 e. The Morgan fingerprint density at radius 1 is 0.667 bits per heavy atom. The number of aromatic nitrogens is 2. The van der Waals surface area contributed by atoms with Crippen molar-refractivity contribution in [3.05, 3.63) is 102 Å². The van der Waals surface area contributed by atoms with Crippen molar-refractivity contribution in [3.8, 4) is 22.9 Å². The Bertz CT molecular complexity index is 1390. The fourth-order valence-electron chi connectivity index (χ4n) is 3.00. The third-order valence-corrected chi connectivity index (χ3v) is 4.47. The van der Waals surface area contributed by atoms with E-state index in [1.165, 1.54) is 0 Å². The summed E-state index contributed by atoms with van der Waals surface area (Å²) in [5.41, 5.74) is 2.57. The Morgan fingerprint density at radius 3 is 1.80 bits per heavy atom. The third-order valence-electron chi connectivity index (χ3n) is 4.47. The van der Waals surface area contributed by atoms with Crippen molar-refractivity contribution in [1.29, 1.82) is 0 Å². The number of fused-ring (bicyclic) bond motifs is 1. The van der Waals surface area contributed by atoms with Crippen LogP contribution < -0.4 is 5.55 Å². The number of benzene rings is 3. The summed E-state index contributed by atoms with van der Waals surface area (Å²) in [4.78, 5) is 25.8. The predicted octanol–water partition coefficient (Wildman–Crippen LogP) is 4.89. The molecule has 0 aliphatic heterocycles. The van der Waals surface area contributed by atoms with Crippen molar-refractivity contribution >= 4 is 17.1 Å². The zero-order valence-electron chi connectivity index (χ0n) is 15.7. The Balaban J connectivity index is 1.73. The molecular weight excluding hydrogens is 378 g/mol. The largest absolute Gasteiger partial charge is 0.417 e. The van der Waals surface area contributed by atoms with Crippen molar-refractivity contribution in [1.82, 2.24) is 9.97 Å². The first kappa shape index (κ1) is 17.8. The van der Waals surface area contributed by atoms with E-state index >= 15 is 0 Å². The van der Waals surface area contributed by atoms with Crippen LogP contribution in [0.2, 0.25) is 0 Å². The number of rotatable bonds is 3. The molecule has 1 amide bonds. The lowest BCUT2D eigenvalue weighted by atomic mass is 10.2. The summed E-state index contributed by atoms with van der Waals surface area (Å²) < 4.78 is 11.8. The minimum atomic E-state index is -0.435. The first-order valence-electron chi connectivity index (χ1n) is 9.34. The van der Waals surface area contributed by atoms with Crippen LogP contribution in [0.1, 0.15) is 10.4 Å². The van der Waals surface area contributed by atoms with Gasteiger partial charge in [0.25, 0.3) is 17.2 Å². The third kappa shape index (κ3) is 3.42. The zero-order valence-corrected chi connectivity index (χ0v) is 15.7. The summed E-state index contributed by atoms with van der Waals surface area (Å²) in [5.74, 6) is 0.232. The van der Waals surface area contributed by atoms with Gasteiger partial charge in [-0.2, -0.15) is 9.98 Å². The predicted molar refractivity (Wildman–Crippen MR) is 111 cm³/mol. The van der Waals surface area contributed by atoms with Crippen molar-refractivity contribution in [3.63, 3.8) is 0 Å². The number of nitrogens with zero attached hydrogens (tertiary/aromatic N) is 3. The average molecular weight is 393 g/mol. The summed E-state index contributed by atoms with van der Waals surface area (Å²) in [6, 6.07) is 27.6. The standard InChI is InChI=1S/C24H15N3O3/c28-20(16-10-4-1-5-11-16)26-23-19-24(27-22(30-23)18-14-8-3-9-15-18)29-21(25-19)17-12-6-2-7-13-17/h1-15H. The summed E-state index contributed by atoms with van der Waals surface area (Å²) in [5, 5.41) is 0. The maximum atomic E-state index is 12.7. The van der Waals surface area contributed by atoms with Crippen LogP contribution in [0.25, 0.3) is 34.1 Å². The maximum absolute atomic E-state index is 12.7. The second kappa shape index (κ2) is 7.60. The van der Waals surface area contributed by atoms with Gasteiger partial charge in [0.2, 0.25) is 11.8 Å². The molecule has 0 aliphatic rings. The van der Waals surface area contributed by atoms with Crippen LogP contribution in [-0.2, 0) is 0 Å². The van der Waals surface area contributed by atoms with Crippen LogP contribution in [0, 0.1) is 0 Å². The highest BCUT2D eigenvalue weighted by Gasteiger charge is 2.16. The molecule has 6 heteroatoms. The highest BCUT2D eigenvalue weighted by Crippen LogP contribution is 2.24. The topological polar surface area (TPSA) is 81.5 Å². The molecule has 5 rings (SSSR count). The highest BCUT2D eigenvalue weighted by atomic mass is 16.4. The lowest BCUT2D eigenvalue weighted by molar-refractivity contribution is 0.0995. The summed E-state index contributed by atoms with van der Waals surface area (Å²) in [7, 11) is 0. The maximum Gasteiger partial charge on any atom is 0.280 e. The van der Waals surface area contributed by atoms with Crippen LogP contribution in [0.15, 0.2) is 105 Å². The lowest BCUT2D eigenvalue weighted by Gasteiger charge is -1.99. The minimum absolute atomic E-state index is 0.0543. The Labute approximate surface area is 171 Å². The van der Waals surface area contributed by atoms with E-state index in [-0.39, 0.29) is 16.8 Å². The molecule has 5 aromatic rings. The number of oxazole rings is 1. The summed E-state index contributed by atoms with van der Waals surface area (Å²) in [6.45, 7) is 0. The number of carbonyl (C=O) groups is 1. The van der Waals surface area contributed by atoms with Gasteiger partial charge in [-0.25, -0.2) is 4.98 Å². The second-order valence-electron chi connectivity index (χ2n) is 6.51. The van der Waals surface area contributed by atoms with Gasteiger partial charge >= 0.3 is 0 Å². The van der Waals surface area contributed by atoms with E-state index in [4.69, 9.17) is 8.83 Å². The molecule has 30 heavy (non-hydrogen) atoms. The van der Waals surface area contributed by atoms with Gasteiger partial charge in [0.15, 0.2) is 5.52 Å². The van der Waals surface area contributed by atoms with Crippen LogP contribution in [0.3, 0.4) is 0 Å². The first-order chi connectivity index (χ1) is 14.8. The van der Waals surface area contributed by atoms with Crippen molar-refractivity contribution < 1.29 is 13.6 Å². The highest BCUT2D eigenvalue weighted by molar-refractivity contribution is 5.95. The Kier molecular flexibility index (Phi) is 4.50. The molecule has 0 saturated heterocycles. The second-order valence-corrected chi connectivity index (χ2v) is 6.51. The van der Waals surface area contributed by atoms with E-state index in [0.717, 1.165) is 11.1 Å². The molecule has 2 aromatic heterocycles. The number of amides is 1. The molecular formula is C24H15N3O3. The van der Waals surface area contributed by atoms with E-state index in [2.05, 4.69) is 15.0 Å². The van der Waals surface area contributed by atoms with Gasteiger partial charge in [-0.05, 0) is 36.4 Å². The van der Waals surface area contributed by atoms with Crippen molar-refractivity contribution in [2.75, 3.05) is 0 Å². The average Bonchev–Trinajstić information content (AvgIpc) is 3.25. The van der Waals surface area contributed by atoms with Gasteiger partial charge in [-0.3, -0.25) is 4.79 Å². The van der Waals surface area contributed by atoms with Crippen molar-refractivity contribution in [2.24, 2.45) is 4.99 Å². The number of hydrogen-bond donors (Lipinski definition) is 0. The van der Waals surface area contributed by atoms with Crippen LogP contribution in [-0.4, -0.2) is 15.9 Å². The van der Waals surface area contributed by atoms with Crippen LogP contribution >= 0.6 is 0 Å². The molecule has 0 aliphatic carbocycles. The molecule has 0 saturated carbocycles. The normalized spacial score (nSPS) is 11.7. The molecule has 144 valence electrons.